The molecule has 0 spiro atoms. The third-order valence-corrected chi connectivity index (χ3v) is 3.92. The highest BCUT2D eigenvalue weighted by Gasteiger charge is 2.33. The van der Waals surface area contributed by atoms with Gasteiger partial charge in [-0.15, -0.1) is 0 Å². The van der Waals surface area contributed by atoms with Crippen LogP contribution in [-0.2, 0) is 6.18 Å². The highest BCUT2D eigenvalue weighted by atomic mass is 19.4. The normalized spacial score (nSPS) is 18.0. The van der Waals surface area contributed by atoms with Crippen LogP contribution >= 0.6 is 0 Å². The number of alkyl halides is 3. The third kappa shape index (κ3) is 4.23. The molecule has 25 heavy (non-hydrogen) atoms. The summed E-state index contributed by atoms with van der Waals surface area (Å²) < 4.78 is 38.5. The number of nitrogens with one attached hydrogen (secondary N) is 1. The second-order valence-electron chi connectivity index (χ2n) is 5.73. The van der Waals surface area contributed by atoms with Crippen LogP contribution in [0.1, 0.15) is 29.0 Å². The quantitative estimate of drug-likeness (QED) is 0.919. The number of carbonyl (C=O) groups excluding carboxylic acids is 1. The summed E-state index contributed by atoms with van der Waals surface area (Å²) in [6, 6.07) is 5.15. The van der Waals surface area contributed by atoms with Gasteiger partial charge in [-0.2, -0.15) is 13.2 Å². The van der Waals surface area contributed by atoms with E-state index >= 15 is 0 Å². The number of pyridine rings is 1. The Bertz CT molecular complexity index is 738. The Hall–Kier alpha value is -2.71. The summed E-state index contributed by atoms with van der Waals surface area (Å²) in [6.45, 7) is 0.985. The van der Waals surface area contributed by atoms with Gasteiger partial charge in [-0.05, 0) is 31.0 Å². The maximum atomic E-state index is 12.8. The van der Waals surface area contributed by atoms with Crippen LogP contribution in [0.15, 0.2) is 36.8 Å². The second kappa shape index (κ2) is 7.04. The Kier molecular flexibility index (Phi) is 4.82. The van der Waals surface area contributed by atoms with Crippen molar-refractivity contribution in [3.05, 3.63) is 48.2 Å². The lowest BCUT2D eigenvalue weighted by Crippen LogP contribution is -2.48. The van der Waals surface area contributed by atoms with Crippen LogP contribution in [0.4, 0.5) is 19.0 Å². The molecule has 9 heteroatoms. The minimum atomic E-state index is -4.48. The molecule has 1 amide bonds. The SMILES string of the molecule is O=C(NC1CCCN(c2cccc(C(F)(F)F)n2)C1)c1ccncn1. The smallest absolute Gasteiger partial charge is 0.355 e. The van der Waals surface area contributed by atoms with Gasteiger partial charge >= 0.3 is 6.18 Å². The van der Waals surface area contributed by atoms with Crippen LogP contribution in [0.25, 0.3) is 0 Å². The maximum absolute atomic E-state index is 12.8. The van der Waals surface area contributed by atoms with Crippen molar-refractivity contribution in [1.29, 1.82) is 0 Å². The Labute approximate surface area is 142 Å². The van der Waals surface area contributed by atoms with Crippen LogP contribution in [0.3, 0.4) is 0 Å². The van der Waals surface area contributed by atoms with Crippen LogP contribution in [0.5, 0.6) is 0 Å². The van der Waals surface area contributed by atoms with Crippen LogP contribution in [0, 0.1) is 0 Å². The molecule has 0 aromatic carbocycles. The van der Waals surface area contributed by atoms with Gasteiger partial charge in [0.15, 0.2) is 0 Å². The van der Waals surface area contributed by atoms with Crippen molar-refractivity contribution in [1.82, 2.24) is 20.3 Å². The van der Waals surface area contributed by atoms with Gasteiger partial charge in [0.05, 0.1) is 0 Å². The van der Waals surface area contributed by atoms with Gasteiger partial charge in [0, 0.05) is 25.3 Å². The van der Waals surface area contributed by atoms with E-state index in [9.17, 15) is 18.0 Å². The summed E-state index contributed by atoms with van der Waals surface area (Å²) in [7, 11) is 0. The molecule has 1 atom stereocenters. The van der Waals surface area contributed by atoms with Crippen LogP contribution in [0.2, 0.25) is 0 Å². The van der Waals surface area contributed by atoms with E-state index in [2.05, 4.69) is 20.3 Å². The zero-order chi connectivity index (χ0) is 17.9. The zero-order valence-electron chi connectivity index (χ0n) is 13.2. The van der Waals surface area contributed by atoms with Gasteiger partial charge in [0.1, 0.15) is 23.5 Å². The first-order valence-electron chi connectivity index (χ1n) is 7.79. The fraction of sp³-hybridized carbons (Fsp3) is 0.375. The average Bonchev–Trinajstić information content (AvgIpc) is 2.62. The van der Waals surface area contributed by atoms with Crippen LogP contribution < -0.4 is 10.2 Å². The van der Waals surface area contributed by atoms with Gasteiger partial charge in [-0.1, -0.05) is 6.07 Å². The molecule has 1 aliphatic heterocycles. The minimum absolute atomic E-state index is 0.187. The monoisotopic (exact) mass is 351 g/mol. The highest BCUT2D eigenvalue weighted by molar-refractivity contribution is 5.92. The number of hydrogen-bond donors (Lipinski definition) is 1. The van der Waals surface area contributed by atoms with E-state index in [0.717, 1.165) is 18.9 Å². The Morgan fingerprint density at radius 1 is 1.28 bits per heavy atom. The molecule has 1 fully saturated rings. The number of aromatic nitrogens is 3. The van der Waals surface area contributed by atoms with E-state index in [0.29, 0.717) is 13.1 Å². The largest absolute Gasteiger partial charge is 0.433 e. The number of anilines is 1. The number of piperidine rings is 1. The first-order valence-corrected chi connectivity index (χ1v) is 7.79. The Balaban J connectivity index is 1.68. The van der Waals surface area contributed by atoms with E-state index in [1.165, 1.54) is 24.7 Å². The predicted molar refractivity (Wildman–Crippen MR) is 84.0 cm³/mol. The van der Waals surface area contributed by atoms with Crippen molar-refractivity contribution in [2.24, 2.45) is 0 Å². The lowest BCUT2D eigenvalue weighted by atomic mass is 10.1. The molecule has 1 unspecified atom stereocenters. The lowest BCUT2D eigenvalue weighted by molar-refractivity contribution is -0.141. The highest BCUT2D eigenvalue weighted by Crippen LogP contribution is 2.29. The molecular formula is C16H16F3N5O. The lowest BCUT2D eigenvalue weighted by Gasteiger charge is -2.34. The van der Waals surface area contributed by atoms with Crippen molar-refractivity contribution in [3.8, 4) is 0 Å². The molecule has 1 saturated heterocycles. The number of hydrogen-bond acceptors (Lipinski definition) is 5. The first-order chi connectivity index (χ1) is 11.9. The molecular weight excluding hydrogens is 335 g/mol. The standard InChI is InChI=1S/C16H16F3N5O/c17-16(18,19)13-4-1-5-14(23-13)24-8-2-3-11(9-24)22-15(25)12-6-7-20-10-21-12/h1,4-7,10-11H,2-3,8-9H2,(H,22,25). The number of halogens is 3. The Morgan fingerprint density at radius 2 is 2.12 bits per heavy atom. The first kappa shape index (κ1) is 17.1. The van der Waals surface area contributed by atoms with Gasteiger partial charge in [-0.25, -0.2) is 15.0 Å². The minimum Gasteiger partial charge on any atom is -0.355 e. The van der Waals surface area contributed by atoms with Gasteiger partial charge < -0.3 is 10.2 Å². The molecule has 2 aromatic rings. The Morgan fingerprint density at radius 3 is 2.84 bits per heavy atom. The molecule has 0 radical (unpaired) electrons. The summed E-state index contributed by atoms with van der Waals surface area (Å²) in [4.78, 5) is 25.3. The number of amides is 1. The molecule has 132 valence electrons. The number of nitrogens with zero attached hydrogens (tertiary/aromatic N) is 4. The number of carbonyl (C=O) groups is 1. The fourth-order valence-electron chi connectivity index (χ4n) is 2.74. The van der Waals surface area contributed by atoms with Crippen LogP contribution in [-0.4, -0.2) is 40.0 Å². The average molecular weight is 351 g/mol. The van der Waals surface area contributed by atoms with E-state index < -0.39 is 11.9 Å². The van der Waals surface area contributed by atoms with Gasteiger partial charge in [0.25, 0.3) is 5.91 Å². The molecule has 0 aliphatic carbocycles. The molecule has 0 saturated carbocycles. The molecule has 6 nitrogen and oxygen atoms in total. The van der Waals surface area contributed by atoms with Gasteiger partial charge in [0.2, 0.25) is 0 Å². The second-order valence-corrected chi connectivity index (χ2v) is 5.73. The zero-order valence-corrected chi connectivity index (χ0v) is 13.2. The number of rotatable bonds is 3. The molecule has 1 aliphatic rings. The van der Waals surface area contributed by atoms with Gasteiger partial charge in [-0.3, -0.25) is 4.79 Å². The molecule has 3 heterocycles. The van der Waals surface area contributed by atoms with E-state index in [1.807, 2.05) is 0 Å². The topological polar surface area (TPSA) is 71.0 Å². The maximum Gasteiger partial charge on any atom is 0.433 e. The molecule has 1 N–H and O–H groups in total. The summed E-state index contributed by atoms with van der Waals surface area (Å²) in [6.07, 6.45) is -0.234. The third-order valence-electron chi connectivity index (χ3n) is 3.92. The van der Waals surface area contributed by atoms with E-state index in [-0.39, 0.29) is 23.5 Å². The van der Waals surface area contributed by atoms with E-state index in [1.54, 1.807) is 11.0 Å². The molecule has 0 bridgehead atoms. The van der Waals surface area contributed by atoms with Crippen molar-refractivity contribution >= 4 is 11.7 Å². The summed E-state index contributed by atoms with van der Waals surface area (Å²) in [5.41, 5.74) is -0.665. The fourth-order valence-corrected chi connectivity index (χ4v) is 2.74. The summed E-state index contributed by atoms with van der Waals surface area (Å²) >= 11 is 0. The molecule has 3 rings (SSSR count). The van der Waals surface area contributed by atoms with E-state index in [4.69, 9.17) is 0 Å². The van der Waals surface area contributed by atoms with Crippen molar-refractivity contribution in [3.63, 3.8) is 0 Å². The van der Waals surface area contributed by atoms with Crippen molar-refractivity contribution in [2.45, 2.75) is 25.1 Å². The van der Waals surface area contributed by atoms with Crippen molar-refractivity contribution < 1.29 is 18.0 Å². The van der Waals surface area contributed by atoms with Crippen molar-refractivity contribution in [2.75, 3.05) is 18.0 Å². The predicted octanol–water partition coefficient (Wildman–Crippen LogP) is 2.29. The summed E-state index contributed by atoms with van der Waals surface area (Å²) in [5, 5.41) is 2.86. The molecule has 2 aromatic heterocycles. The summed E-state index contributed by atoms with van der Waals surface area (Å²) in [5.74, 6) is -0.0675.